The molecule has 8 rings (SSSR count). The lowest BCUT2D eigenvalue weighted by Gasteiger charge is -2.22. The zero-order chi connectivity index (χ0) is 39.7. The monoisotopic (exact) mass is 791 g/mol. The van der Waals surface area contributed by atoms with Gasteiger partial charge in [-0.3, -0.25) is 4.68 Å². The van der Waals surface area contributed by atoms with Gasteiger partial charge in [0.2, 0.25) is 16.0 Å². The molecule has 2 amide bonds. The number of fused-ring (bicyclic) bond motifs is 1. The molecule has 5 atom stereocenters. The van der Waals surface area contributed by atoms with Crippen molar-refractivity contribution in [2.45, 2.75) is 67.3 Å². The Morgan fingerprint density at radius 2 is 1.63 bits per heavy atom. The summed E-state index contributed by atoms with van der Waals surface area (Å²) in [5.41, 5.74) is 4.76. The summed E-state index contributed by atoms with van der Waals surface area (Å²) < 4.78 is 26.8. The molecule has 6 aromatic rings. The SMILES string of the molecule is CCc1cnn(C2CC(n3cnc4c(NCC(c5ccccc5)c5ccccc5)nc(N5CC[C@@H](NC(=O)Nc6ccc(S(N)(=O)=O)cc6)C5)nc43)C(O)C2O)c1. The van der Waals surface area contributed by atoms with Gasteiger partial charge in [0, 0.05) is 43.5 Å². The number of imidazole rings is 1. The van der Waals surface area contributed by atoms with Crippen molar-refractivity contribution in [3.8, 4) is 0 Å². The lowest BCUT2D eigenvalue weighted by atomic mass is 9.91. The van der Waals surface area contributed by atoms with E-state index in [0.717, 1.165) is 23.1 Å². The molecular weight excluding hydrogens is 747 g/mol. The Kier molecular flexibility index (Phi) is 10.6. The molecule has 1 saturated heterocycles. The number of anilines is 3. The van der Waals surface area contributed by atoms with Crippen LogP contribution in [0.4, 0.5) is 22.2 Å². The molecule has 0 spiro atoms. The van der Waals surface area contributed by atoms with Crippen LogP contribution >= 0.6 is 0 Å². The zero-order valence-corrected chi connectivity index (χ0v) is 32.1. The summed E-state index contributed by atoms with van der Waals surface area (Å²) in [6, 6.07) is 24.4. The maximum absolute atomic E-state index is 13.0. The number of primary sulfonamides is 1. The molecule has 0 radical (unpaired) electrons. The Bertz CT molecular complexity index is 2410. The fourth-order valence-electron chi connectivity index (χ4n) is 7.82. The number of nitrogens with one attached hydrogen (secondary N) is 3. The van der Waals surface area contributed by atoms with Crippen LogP contribution in [0.25, 0.3) is 11.2 Å². The second kappa shape index (κ2) is 15.9. The van der Waals surface area contributed by atoms with E-state index in [4.69, 9.17) is 20.1 Å². The molecule has 3 aromatic carbocycles. The highest BCUT2D eigenvalue weighted by molar-refractivity contribution is 7.89. The fraction of sp³-hybridized carbons (Fsp3) is 0.325. The minimum Gasteiger partial charge on any atom is -0.388 e. The topological polar surface area (TPSA) is 218 Å². The summed E-state index contributed by atoms with van der Waals surface area (Å²) in [5.74, 6) is 0.939. The third-order valence-electron chi connectivity index (χ3n) is 10.9. The van der Waals surface area contributed by atoms with Crippen molar-refractivity contribution in [3.05, 3.63) is 120 Å². The standard InChI is InChI=1S/C40H45N11O5S/c1-2-25-20-44-51(22-25)33-19-32(35(52)36(33)53)50-24-43-34-37(42-21-31(26-9-5-3-6-10-26)27-11-7-4-8-12-27)47-39(48-38(34)50)49-18-17-29(23-49)46-40(54)45-28-13-15-30(16-14-28)57(41,55)56/h3-16,20,22,24,29,31-33,35-36,52-53H,2,17-19,21,23H2,1H3,(H2,41,55,56)(H,42,47,48)(H2,45,46,54)/t29-,32?,33?,35?,36?/m1/s1. The van der Waals surface area contributed by atoms with Crippen molar-refractivity contribution in [1.29, 1.82) is 0 Å². The van der Waals surface area contributed by atoms with E-state index in [0.29, 0.717) is 61.1 Å². The molecular formula is C40H45N11O5S. The number of nitrogens with two attached hydrogens (primary N) is 1. The number of hydrogen-bond acceptors (Lipinski definition) is 11. The number of hydrogen-bond donors (Lipinski definition) is 6. The van der Waals surface area contributed by atoms with Crippen LogP contribution in [0.3, 0.4) is 0 Å². The van der Waals surface area contributed by atoms with Crippen LogP contribution in [0.2, 0.25) is 0 Å². The van der Waals surface area contributed by atoms with Crippen molar-refractivity contribution >= 4 is 44.7 Å². The van der Waals surface area contributed by atoms with Crippen LogP contribution in [0, 0.1) is 0 Å². The highest BCUT2D eigenvalue weighted by Gasteiger charge is 2.44. The smallest absolute Gasteiger partial charge is 0.319 e. The van der Waals surface area contributed by atoms with E-state index in [9.17, 15) is 23.4 Å². The second-order valence-corrected chi connectivity index (χ2v) is 16.1. The number of rotatable bonds is 12. The lowest BCUT2D eigenvalue weighted by Crippen LogP contribution is -2.40. The van der Waals surface area contributed by atoms with Gasteiger partial charge in [0.15, 0.2) is 17.0 Å². The molecule has 17 heteroatoms. The van der Waals surface area contributed by atoms with Crippen LogP contribution in [0.15, 0.2) is 109 Å². The Hall–Kier alpha value is -5.88. The molecule has 1 saturated carbocycles. The maximum atomic E-state index is 13.0. The first kappa shape index (κ1) is 38.0. The largest absolute Gasteiger partial charge is 0.388 e. The van der Waals surface area contributed by atoms with Crippen LogP contribution in [-0.4, -0.2) is 91.8 Å². The molecule has 3 aromatic heterocycles. The predicted octanol–water partition coefficient (Wildman–Crippen LogP) is 3.78. The number of benzene rings is 3. The predicted molar refractivity (Wildman–Crippen MR) is 215 cm³/mol. The van der Waals surface area contributed by atoms with Gasteiger partial charge in [-0.25, -0.2) is 23.3 Å². The minimum absolute atomic E-state index is 0.00705. The van der Waals surface area contributed by atoms with Gasteiger partial charge in [0.25, 0.3) is 0 Å². The van der Waals surface area contributed by atoms with E-state index in [1.807, 2.05) is 59.0 Å². The van der Waals surface area contributed by atoms with Gasteiger partial charge in [0.05, 0.1) is 29.5 Å². The van der Waals surface area contributed by atoms with Crippen molar-refractivity contribution in [2.24, 2.45) is 5.14 Å². The van der Waals surface area contributed by atoms with Crippen LogP contribution in [-0.2, 0) is 16.4 Å². The third kappa shape index (κ3) is 8.04. The summed E-state index contributed by atoms with van der Waals surface area (Å²) in [6.07, 6.45) is 5.01. The van der Waals surface area contributed by atoms with Crippen molar-refractivity contribution in [3.63, 3.8) is 0 Å². The lowest BCUT2D eigenvalue weighted by molar-refractivity contribution is 0.00721. The molecule has 16 nitrogen and oxygen atoms in total. The summed E-state index contributed by atoms with van der Waals surface area (Å²) >= 11 is 0. The fourth-order valence-corrected chi connectivity index (χ4v) is 8.33. The van der Waals surface area contributed by atoms with Crippen LogP contribution in [0.5, 0.6) is 0 Å². The quantitative estimate of drug-likeness (QED) is 0.105. The number of aromatic nitrogens is 6. The summed E-state index contributed by atoms with van der Waals surface area (Å²) in [6.45, 7) is 3.51. The van der Waals surface area contributed by atoms with Gasteiger partial charge in [-0.05, 0) is 60.2 Å². The van der Waals surface area contributed by atoms with Gasteiger partial charge < -0.3 is 35.6 Å². The van der Waals surface area contributed by atoms with E-state index in [-0.39, 0.29) is 16.9 Å². The van der Waals surface area contributed by atoms with Gasteiger partial charge >= 0.3 is 6.03 Å². The first-order valence-corrected chi connectivity index (χ1v) is 20.5. The average molecular weight is 792 g/mol. The highest BCUT2D eigenvalue weighted by Crippen LogP contribution is 2.40. The van der Waals surface area contributed by atoms with E-state index < -0.39 is 40.3 Å². The Morgan fingerprint density at radius 3 is 2.28 bits per heavy atom. The maximum Gasteiger partial charge on any atom is 0.319 e. The Balaban J connectivity index is 1.07. The molecule has 2 fully saturated rings. The molecule has 4 unspecified atom stereocenters. The first-order valence-electron chi connectivity index (χ1n) is 19.0. The molecule has 296 valence electrons. The second-order valence-electron chi connectivity index (χ2n) is 14.6. The number of sulfonamides is 1. The number of carbonyl (C=O) groups is 1. The van der Waals surface area contributed by atoms with Crippen molar-refractivity contribution in [1.82, 2.24) is 34.6 Å². The van der Waals surface area contributed by atoms with Crippen LogP contribution < -0.4 is 26.0 Å². The number of amides is 2. The number of urea groups is 1. The summed E-state index contributed by atoms with van der Waals surface area (Å²) in [5, 5.41) is 41.7. The number of carbonyl (C=O) groups excluding carboxylic acids is 1. The van der Waals surface area contributed by atoms with E-state index in [1.165, 1.54) is 24.3 Å². The number of nitrogens with zero attached hydrogens (tertiary/aromatic N) is 7. The van der Waals surface area contributed by atoms with Gasteiger partial charge in [-0.15, -0.1) is 0 Å². The summed E-state index contributed by atoms with van der Waals surface area (Å²) in [7, 11) is -3.86. The summed E-state index contributed by atoms with van der Waals surface area (Å²) in [4.78, 5) is 29.7. The highest BCUT2D eigenvalue weighted by atomic mass is 32.2. The molecule has 0 bridgehead atoms. The first-order chi connectivity index (χ1) is 27.6. The molecule has 1 aliphatic heterocycles. The Morgan fingerprint density at radius 1 is 0.947 bits per heavy atom. The van der Waals surface area contributed by atoms with Gasteiger partial charge in [-0.2, -0.15) is 15.1 Å². The number of aryl methyl sites for hydroxylation is 1. The molecule has 1 aliphatic carbocycles. The number of aliphatic hydroxyl groups is 2. The van der Waals surface area contributed by atoms with E-state index in [2.05, 4.69) is 45.3 Å². The molecule has 7 N–H and O–H groups in total. The van der Waals surface area contributed by atoms with Crippen molar-refractivity contribution < 1.29 is 23.4 Å². The molecule has 2 aliphatic rings. The van der Waals surface area contributed by atoms with Gasteiger partial charge in [0.1, 0.15) is 12.2 Å². The Labute approximate surface area is 329 Å². The molecule has 4 heterocycles. The minimum atomic E-state index is -3.86. The number of aliphatic hydroxyl groups excluding tert-OH is 2. The van der Waals surface area contributed by atoms with Crippen molar-refractivity contribution in [2.75, 3.05) is 35.2 Å². The van der Waals surface area contributed by atoms with Crippen LogP contribution in [0.1, 0.15) is 54.5 Å². The van der Waals surface area contributed by atoms with E-state index >= 15 is 0 Å². The third-order valence-corrected chi connectivity index (χ3v) is 11.8. The molecule has 57 heavy (non-hydrogen) atoms. The zero-order valence-electron chi connectivity index (χ0n) is 31.3. The van der Waals surface area contributed by atoms with Gasteiger partial charge in [-0.1, -0.05) is 67.6 Å². The normalized spacial score (nSPS) is 21.0. The van der Waals surface area contributed by atoms with E-state index in [1.54, 1.807) is 17.2 Å². The average Bonchev–Trinajstić information content (AvgIpc) is 4.03.